The fourth-order valence-corrected chi connectivity index (χ4v) is 6.59. The SMILES string of the molecule is CC1(C)C2Cc3cc(-c4cc5c(cn4)[C@@H]4CC(C5)C4(C)C)ncc3[C@@H]1C2. The van der Waals surface area contributed by atoms with Crippen molar-refractivity contribution in [2.75, 3.05) is 0 Å². The molecule has 2 unspecified atom stereocenters. The molecule has 2 nitrogen and oxygen atoms in total. The van der Waals surface area contributed by atoms with Crippen LogP contribution in [0.2, 0.25) is 0 Å². The molecule has 8 rings (SSSR count). The van der Waals surface area contributed by atoms with Crippen LogP contribution in [-0.4, -0.2) is 9.97 Å². The van der Waals surface area contributed by atoms with E-state index in [0.717, 1.165) is 23.2 Å². The number of hydrogen-bond acceptors (Lipinski definition) is 2. The molecule has 2 fully saturated rings. The smallest absolute Gasteiger partial charge is 0.0889 e. The van der Waals surface area contributed by atoms with Crippen LogP contribution < -0.4 is 0 Å². The molecule has 6 aliphatic carbocycles. The van der Waals surface area contributed by atoms with Gasteiger partial charge >= 0.3 is 0 Å². The van der Waals surface area contributed by atoms with Gasteiger partial charge in [0, 0.05) is 12.4 Å². The first-order chi connectivity index (χ1) is 12.4. The lowest BCUT2D eigenvalue weighted by Gasteiger charge is -2.57. The molecule has 0 aliphatic heterocycles. The lowest BCUT2D eigenvalue weighted by molar-refractivity contribution is 0.0182. The standard InChI is InChI=1S/C24H28N2/c1-23(2)15-5-13-7-21(25-11-17(13)19(23)9-15)22-8-14-6-16-10-20(24(16,3)4)18(14)12-26-22/h7-8,11-12,15-16,19-20H,5-6,9-10H2,1-4H3/t15?,16?,19-,20-/m0/s1. The van der Waals surface area contributed by atoms with Gasteiger partial charge in [-0.3, -0.25) is 9.97 Å². The summed E-state index contributed by atoms with van der Waals surface area (Å²) in [5, 5.41) is 0. The highest BCUT2D eigenvalue weighted by molar-refractivity contribution is 5.59. The third-order valence-electron chi connectivity index (χ3n) is 8.94. The Morgan fingerprint density at radius 1 is 0.731 bits per heavy atom. The third-order valence-corrected chi connectivity index (χ3v) is 8.94. The maximum atomic E-state index is 4.85. The molecule has 0 radical (unpaired) electrons. The molecule has 2 aromatic heterocycles. The molecule has 2 aromatic rings. The summed E-state index contributed by atoms with van der Waals surface area (Å²) < 4.78 is 0. The second-order valence-electron chi connectivity index (χ2n) is 10.6. The van der Waals surface area contributed by atoms with Crippen molar-refractivity contribution < 1.29 is 0 Å². The Hall–Kier alpha value is -1.70. The van der Waals surface area contributed by atoms with Crippen LogP contribution in [0, 0.1) is 22.7 Å². The Bertz CT molecular complexity index is 862. The van der Waals surface area contributed by atoms with Crippen LogP contribution in [0.1, 0.15) is 74.6 Å². The van der Waals surface area contributed by atoms with E-state index in [0.29, 0.717) is 22.7 Å². The second kappa shape index (κ2) is 4.58. The van der Waals surface area contributed by atoms with Crippen LogP contribution in [0.3, 0.4) is 0 Å². The summed E-state index contributed by atoms with van der Waals surface area (Å²) in [6.07, 6.45) is 9.48. The summed E-state index contributed by atoms with van der Waals surface area (Å²) in [6, 6.07) is 4.68. The molecule has 4 atom stereocenters. The number of nitrogens with zero attached hydrogens (tertiary/aromatic N) is 2. The summed E-state index contributed by atoms with van der Waals surface area (Å²) in [4.78, 5) is 9.70. The van der Waals surface area contributed by atoms with Crippen molar-refractivity contribution in [1.82, 2.24) is 9.97 Å². The summed E-state index contributed by atoms with van der Waals surface area (Å²) in [5.74, 6) is 3.12. The molecular weight excluding hydrogens is 316 g/mol. The first kappa shape index (κ1) is 15.4. The summed E-state index contributed by atoms with van der Waals surface area (Å²) in [6.45, 7) is 9.72. The van der Waals surface area contributed by atoms with E-state index < -0.39 is 0 Å². The van der Waals surface area contributed by atoms with Crippen molar-refractivity contribution >= 4 is 0 Å². The fourth-order valence-electron chi connectivity index (χ4n) is 6.59. The van der Waals surface area contributed by atoms with Crippen molar-refractivity contribution in [2.45, 2.75) is 65.2 Å². The van der Waals surface area contributed by atoms with Gasteiger partial charge in [0.15, 0.2) is 0 Å². The van der Waals surface area contributed by atoms with E-state index in [9.17, 15) is 0 Å². The summed E-state index contributed by atoms with van der Waals surface area (Å²) in [7, 11) is 0. The van der Waals surface area contributed by atoms with E-state index >= 15 is 0 Å². The predicted octanol–water partition coefficient (Wildman–Crippen LogP) is 5.52. The zero-order valence-electron chi connectivity index (χ0n) is 16.3. The molecule has 26 heavy (non-hydrogen) atoms. The van der Waals surface area contributed by atoms with Gasteiger partial charge in [-0.05, 0) is 94.6 Å². The molecule has 4 bridgehead atoms. The van der Waals surface area contributed by atoms with Gasteiger partial charge in [-0.2, -0.15) is 0 Å². The topological polar surface area (TPSA) is 25.8 Å². The minimum atomic E-state index is 0.466. The second-order valence-corrected chi connectivity index (χ2v) is 10.6. The van der Waals surface area contributed by atoms with Crippen LogP contribution in [-0.2, 0) is 12.8 Å². The molecule has 134 valence electrons. The quantitative estimate of drug-likeness (QED) is 0.681. The highest BCUT2D eigenvalue weighted by Gasteiger charge is 2.53. The van der Waals surface area contributed by atoms with Gasteiger partial charge < -0.3 is 0 Å². The average Bonchev–Trinajstić information content (AvgIpc) is 2.65. The zero-order chi connectivity index (χ0) is 17.8. The Balaban J connectivity index is 1.37. The Kier molecular flexibility index (Phi) is 2.71. The summed E-state index contributed by atoms with van der Waals surface area (Å²) >= 11 is 0. The van der Waals surface area contributed by atoms with Gasteiger partial charge in [-0.25, -0.2) is 0 Å². The van der Waals surface area contributed by atoms with Crippen LogP contribution >= 0.6 is 0 Å². The van der Waals surface area contributed by atoms with Crippen LogP contribution in [0.5, 0.6) is 0 Å². The van der Waals surface area contributed by atoms with Crippen molar-refractivity contribution in [2.24, 2.45) is 22.7 Å². The van der Waals surface area contributed by atoms with Crippen molar-refractivity contribution in [3.63, 3.8) is 0 Å². The Morgan fingerprint density at radius 2 is 1.15 bits per heavy atom. The highest BCUT2D eigenvalue weighted by Crippen LogP contribution is 2.63. The predicted molar refractivity (Wildman–Crippen MR) is 104 cm³/mol. The van der Waals surface area contributed by atoms with Crippen molar-refractivity contribution in [3.8, 4) is 11.4 Å². The number of aromatic nitrogens is 2. The van der Waals surface area contributed by atoms with Gasteiger partial charge in [0.2, 0.25) is 0 Å². The van der Waals surface area contributed by atoms with Gasteiger partial charge in [-0.1, -0.05) is 27.7 Å². The fraction of sp³-hybridized carbons (Fsp3) is 0.583. The van der Waals surface area contributed by atoms with Crippen LogP contribution in [0.4, 0.5) is 0 Å². The van der Waals surface area contributed by atoms with Gasteiger partial charge in [-0.15, -0.1) is 0 Å². The van der Waals surface area contributed by atoms with Crippen LogP contribution in [0.25, 0.3) is 11.4 Å². The number of rotatable bonds is 1. The van der Waals surface area contributed by atoms with E-state index in [1.54, 1.807) is 0 Å². The molecular formula is C24H28N2. The maximum absolute atomic E-state index is 4.85. The Labute approximate surface area is 156 Å². The van der Waals surface area contributed by atoms with E-state index in [2.05, 4.69) is 52.2 Å². The maximum Gasteiger partial charge on any atom is 0.0889 e. The minimum absolute atomic E-state index is 0.466. The van der Waals surface area contributed by atoms with Gasteiger partial charge in [0.25, 0.3) is 0 Å². The molecule has 2 heterocycles. The molecule has 0 saturated heterocycles. The molecule has 0 spiro atoms. The molecule has 0 N–H and O–H groups in total. The monoisotopic (exact) mass is 344 g/mol. The summed E-state index contributed by atoms with van der Waals surface area (Å²) in [5.41, 5.74) is 9.14. The average molecular weight is 345 g/mol. The Morgan fingerprint density at radius 3 is 1.54 bits per heavy atom. The van der Waals surface area contributed by atoms with E-state index in [-0.39, 0.29) is 0 Å². The van der Waals surface area contributed by atoms with E-state index in [1.807, 2.05) is 0 Å². The molecule has 6 aliphatic rings. The first-order valence-corrected chi connectivity index (χ1v) is 10.3. The zero-order valence-corrected chi connectivity index (χ0v) is 16.3. The third kappa shape index (κ3) is 1.74. The first-order valence-electron chi connectivity index (χ1n) is 10.3. The van der Waals surface area contributed by atoms with Gasteiger partial charge in [0.1, 0.15) is 0 Å². The number of hydrogen-bond donors (Lipinski definition) is 0. The van der Waals surface area contributed by atoms with Crippen molar-refractivity contribution in [3.05, 3.63) is 46.8 Å². The molecule has 0 aromatic carbocycles. The van der Waals surface area contributed by atoms with Crippen molar-refractivity contribution in [1.29, 1.82) is 0 Å². The van der Waals surface area contributed by atoms with E-state index in [1.165, 1.54) is 47.9 Å². The van der Waals surface area contributed by atoms with Crippen LogP contribution in [0.15, 0.2) is 24.5 Å². The lowest BCUT2D eigenvalue weighted by atomic mass is 9.47. The lowest BCUT2D eigenvalue weighted by Crippen LogP contribution is -2.48. The molecule has 0 amide bonds. The molecule has 2 saturated carbocycles. The van der Waals surface area contributed by atoms with Gasteiger partial charge in [0.05, 0.1) is 11.4 Å². The highest BCUT2D eigenvalue weighted by atomic mass is 14.8. The largest absolute Gasteiger partial charge is 0.254 e. The van der Waals surface area contributed by atoms with E-state index in [4.69, 9.17) is 9.97 Å². The number of pyridine rings is 2. The minimum Gasteiger partial charge on any atom is -0.254 e. The molecule has 2 heteroatoms. The normalized spacial score (nSPS) is 34.2.